The quantitative estimate of drug-likeness (QED) is 0.708. The third-order valence-electron chi connectivity index (χ3n) is 4.40. The van der Waals surface area contributed by atoms with Crippen molar-refractivity contribution in [2.45, 2.75) is 46.4 Å². The van der Waals surface area contributed by atoms with Gasteiger partial charge in [0.25, 0.3) is 0 Å². The highest BCUT2D eigenvalue weighted by molar-refractivity contribution is 5.76. The minimum Gasteiger partial charge on any atom is -0.491 e. The SMILES string of the molecule is CCCn1c(=O)n(C[C@@H](O)COc2cc(C)cc(C)c2)c2ccccc21. The molecule has 26 heavy (non-hydrogen) atoms. The Kier molecular flexibility index (Phi) is 5.47. The molecule has 138 valence electrons. The number of aromatic nitrogens is 2. The average molecular weight is 354 g/mol. The van der Waals surface area contributed by atoms with E-state index in [0.29, 0.717) is 6.54 Å². The fraction of sp³-hybridized carbons (Fsp3) is 0.381. The highest BCUT2D eigenvalue weighted by Gasteiger charge is 2.16. The Morgan fingerprint density at radius 2 is 1.65 bits per heavy atom. The summed E-state index contributed by atoms with van der Waals surface area (Å²) in [6.45, 7) is 7.09. The molecule has 0 unspecified atom stereocenters. The molecule has 0 spiro atoms. The Morgan fingerprint density at radius 1 is 1.04 bits per heavy atom. The van der Waals surface area contributed by atoms with Crippen molar-refractivity contribution in [2.24, 2.45) is 0 Å². The van der Waals surface area contributed by atoms with E-state index in [1.165, 1.54) is 0 Å². The Bertz CT molecular complexity index is 935. The van der Waals surface area contributed by atoms with Crippen LogP contribution < -0.4 is 10.4 Å². The molecule has 0 bridgehead atoms. The van der Waals surface area contributed by atoms with Crippen molar-refractivity contribution in [1.29, 1.82) is 0 Å². The van der Waals surface area contributed by atoms with Gasteiger partial charge in [-0.15, -0.1) is 0 Å². The zero-order valence-electron chi connectivity index (χ0n) is 15.6. The molecule has 5 heteroatoms. The predicted octanol–water partition coefficient (Wildman–Crippen LogP) is 3.27. The van der Waals surface area contributed by atoms with Gasteiger partial charge in [-0.05, 0) is 55.7 Å². The van der Waals surface area contributed by atoms with Crippen molar-refractivity contribution in [3.63, 3.8) is 0 Å². The summed E-state index contributed by atoms with van der Waals surface area (Å²) >= 11 is 0. The Hall–Kier alpha value is -2.53. The van der Waals surface area contributed by atoms with E-state index >= 15 is 0 Å². The molecule has 0 amide bonds. The zero-order valence-corrected chi connectivity index (χ0v) is 15.6. The number of rotatable bonds is 7. The van der Waals surface area contributed by atoms with Gasteiger partial charge in [-0.1, -0.05) is 25.1 Å². The van der Waals surface area contributed by atoms with E-state index in [4.69, 9.17) is 4.74 Å². The number of hydrogen-bond acceptors (Lipinski definition) is 3. The number of ether oxygens (including phenoxy) is 1. The van der Waals surface area contributed by atoms with Gasteiger partial charge in [0.15, 0.2) is 0 Å². The molecule has 1 N–H and O–H groups in total. The van der Waals surface area contributed by atoms with E-state index in [9.17, 15) is 9.90 Å². The monoisotopic (exact) mass is 354 g/mol. The molecule has 0 saturated heterocycles. The molecule has 0 saturated carbocycles. The van der Waals surface area contributed by atoms with Crippen LogP contribution in [0.2, 0.25) is 0 Å². The summed E-state index contributed by atoms with van der Waals surface area (Å²) in [5, 5.41) is 10.4. The van der Waals surface area contributed by atoms with Gasteiger partial charge in [0.2, 0.25) is 0 Å². The maximum Gasteiger partial charge on any atom is 0.329 e. The molecule has 1 heterocycles. The van der Waals surface area contributed by atoms with E-state index in [-0.39, 0.29) is 18.8 Å². The van der Waals surface area contributed by atoms with Gasteiger partial charge in [0.1, 0.15) is 18.5 Å². The number of fused-ring (bicyclic) bond motifs is 1. The number of aliphatic hydroxyl groups is 1. The van der Waals surface area contributed by atoms with Gasteiger partial charge in [-0.25, -0.2) is 4.79 Å². The van der Waals surface area contributed by atoms with Crippen molar-refractivity contribution in [3.05, 3.63) is 64.1 Å². The van der Waals surface area contributed by atoms with Gasteiger partial charge in [0, 0.05) is 6.54 Å². The van der Waals surface area contributed by atoms with Crippen LogP contribution in [0.25, 0.3) is 11.0 Å². The fourth-order valence-electron chi connectivity index (χ4n) is 3.36. The van der Waals surface area contributed by atoms with E-state index in [1.807, 2.05) is 57.2 Å². The molecule has 2 aromatic carbocycles. The first-order valence-corrected chi connectivity index (χ1v) is 9.07. The summed E-state index contributed by atoms with van der Waals surface area (Å²) < 4.78 is 9.15. The van der Waals surface area contributed by atoms with Gasteiger partial charge < -0.3 is 9.84 Å². The summed E-state index contributed by atoms with van der Waals surface area (Å²) in [7, 11) is 0. The van der Waals surface area contributed by atoms with Crippen LogP contribution in [-0.2, 0) is 13.1 Å². The van der Waals surface area contributed by atoms with Crippen molar-refractivity contribution >= 4 is 11.0 Å². The number of nitrogens with zero attached hydrogens (tertiary/aromatic N) is 2. The molecule has 0 aliphatic carbocycles. The molecule has 5 nitrogen and oxygen atoms in total. The zero-order chi connectivity index (χ0) is 18.7. The minimum absolute atomic E-state index is 0.0847. The summed E-state index contributed by atoms with van der Waals surface area (Å²) in [5.74, 6) is 0.738. The molecule has 0 radical (unpaired) electrons. The number of aryl methyl sites for hydroxylation is 3. The van der Waals surface area contributed by atoms with Crippen molar-refractivity contribution in [3.8, 4) is 5.75 Å². The Balaban J connectivity index is 1.78. The van der Waals surface area contributed by atoms with Crippen molar-refractivity contribution < 1.29 is 9.84 Å². The maximum atomic E-state index is 12.8. The second kappa shape index (κ2) is 7.79. The third-order valence-corrected chi connectivity index (χ3v) is 4.40. The topological polar surface area (TPSA) is 56.4 Å². The highest BCUT2D eigenvalue weighted by atomic mass is 16.5. The lowest BCUT2D eigenvalue weighted by molar-refractivity contribution is 0.0924. The smallest absolute Gasteiger partial charge is 0.329 e. The van der Waals surface area contributed by atoms with Crippen LogP contribution in [-0.4, -0.2) is 27.0 Å². The van der Waals surface area contributed by atoms with Crippen LogP contribution in [0, 0.1) is 13.8 Å². The number of hydrogen-bond donors (Lipinski definition) is 1. The molecule has 1 atom stereocenters. The van der Waals surface area contributed by atoms with Crippen LogP contribution in [0.3, 0.4) is 0 Å². The van der Waals surface area contributed by atoms with E-state index in [1.54, 1.807) is 9.13 Å². The van der Waals surface area contributed by atoms with Crippen LogP contribution in [0.5, 0.6) is 5.75 Å². The van der Waals surface area contributed by atoms with Gasteiger partial charge in [-0.3, -0.25) is 9.13 Å². The molecular weight excluding hydrogens is 328 g/mol. The highest BCUT2D eigenvalue weighted by Crippen LogP contribution is 2.17. The Labute approximate surface area is 153 Å². The second-order valence-corrected chi connectivity index (χ2v) is 6.82. The lowest BCUT2D eigenvalue weighted by Gasteiger charge is -2.14. The molecular formula is C21H26N2O3. The molecule has 0 aliphatic heterocycles. The lowest BCUT2D eigenvalue weighted by Crippen LogP contribution is -2.31. The lowest BCUT2D eigenvalue weighted by atomic mass is 10.1. The summed E-state index contributed by atoms with van der Waals surface area (Å²) in [4.78, 5) is 12.8. The predicted molar refractivity (Wildman–Crippen MR) is 104 cm³/mol. The maximum absolute atomic E-state index is 12.8. The molecule has 3 rings (SSSR count). The van der Waals surface area contributed by atoms with Crippen LogP contribution in [0.15, 0.2) is 47.3 Å². The van der Waals surface area contributed by atoms with E-state index in [0.717, 1.165) is 34.3 Å². The second-order valence-electron chi connectivity index (χ2n) is 6.82. The molecule has 0 fully saturated rings. The summed E-state index contributed by atoms with van der Waals surface area (Å²) in [6, 6.07) is 13.7. The summed E-state index contributed by atoms with van der Waals surface area (Å²) in [5.41, 5.74) is 3.90. The van der Waals surface area contributed by atoms with Crippen molar-refractivity contribution in [1.82, 2.24) is 9.13 Å². The number of benzene rings is 2. The normalized spacial score (nSPS) is 12.5. The van der Waals surface area contributed by atoms with Crippen molar-refractivity contribution in [2.75, 3.05) is 6.61 Å². The van der Waals surface area contributed by atoms with Gasteiger partial charge in [0.05, 0.1) is 17.6 Å². The van der Waals surface area contributed by atoms with Gasteiger partial charge >= 0.3 is 5.69 Å². The molecule has 3 aromatic rings. The standard InChI is InChI=1S/C21H26N2O3/c1-4-9-22-19-7-5-6-8-20(19)23(21(22)25)13-17(24)14-26-18-11-15(2)10-16(3)12-18/h5-8,10-12,17,24H,4,9,13-14H2,1-3H3/t17-/m1/s1. The van der Waals surface area contributed by atoms with Crippen LogP contribution in [0.1, 0.15) is 24.5 Å². The minimum atomic E-state index is -0.769. The number of para-hydroxylation sites is 2. The Morgan fingerprint density at radius 3 is 2.27 bits per heavy atom. The fourth-order valence-corrected chi connectivity index (χ4v) is 3.36. The number of imidazole rings is 1. The van der Waals surface area contributed by atoms with E-state index < -0.39 is 6.10 Å². The average Bonchev–Trinajstić information content (AvgIpc) is 2.86. The third kappa shape index (κ3) is 3.83. The van der Waals surface area contributed by atoms with E-state index in [2.05, 4.69) is 6.07 Å². The first kappa shape index (κ1) is 18.3. The largest absolute Gasteiger partial charge is 0.491 e. The molecule has 0 aliphatic rings. The first-order chi connectivity index (χ1) is 12.5. The summed E-state index contributed by atoms with van der Waals surface area (Å²) in [6.07, 6.45) is 0.112. The van der Waals surface area contributed by atoms with Crippen LogP contribution in [0.4, 0.5) is 0 Å². The number of aliphatic hydroxyl groups excluding tert-OH is 1. The van der Waals surface area contributed by atoms with Gasteiger partial charge in [-0.2, -0.15) is 0 Å². The molecule has 1 aromatic heterocycles. The van der Waals surface area contributed by atoms with Crippen LogP contribution >= 0.6 is 0 Å². The first-order valence-electron chi connectivity index (χ1n) is 9.07.